The number of amides is 3. The number of β-amino-alcohol motifs (C(OH)–C–C–N with tert-alkyl or cyclic N) is 1. The van der Waals surface area contributed by atoms with E-state index in [9.17, 15) is 32.7 Å². The Balaban J connectivity index is 1.20. The Kier molecular flexibility index (Phi) is 5.93. The number of anilines is 1. The first-order valence-corrected chi connectivity index (χ1v) is 11.8. The van der Waals surface area contributed by atoms with Crippen LogP contribution in [0.15, 0.2) is 36.5 Å². The second kappa shape index (κ2) is 8.84. The van der Waals surface area contributed by atoms with E-state index in [2.05, 4.69) is 10.7 Å². The molecule has 9 nitrogen and oxygen atoms in total. The van der Waals surface area contributed by atoms with Crippen molar-refractivity contribution in [3.05, 3.63) is 53.3 Å². The maximum absolute atomic E-state index is 13.1. The van der Waals surface area contributed by atoms with Gasteiger partial charge < -0.3 is 25.6 Å². The van der Waals surface area contributed by atoms with E-state index in [1.165, 1.54) is 21.8 Å². The molecule has 3 amide bonds. The van der Waals surface area contributed by atoms with Crippen molar-refractivity contribution in [1.29, 1.82) is 0 Å². The summed E-state index contributed by atoms with van der Waals surface area (Å²) in [5.74, 6) is -0.672. The van der Waals surface area contributed by atoms with Crippen molar-refractivity contribution in [2.45, 2.75) is 37.5 Å². The van der Waals surface area contributed by atoms with E-state index in [0.717, 1.165) is 37.1 Å². The molecule has 2 aromatic rings. The molecule has 36 heavy (non-hydrogen) atoms. The molecule has 3 N–H and O–H groups in total. The zero-order chi connectivity index (χ0) is 25.7. The lowest BCUT2D eigenvalue weighted by Gasteiger charge is -2.42. The van der Waals surface area contributed by atoms with Gasteiger partial charge in [-0.15, -0.1) is 0 Å². The van der Waals surface area contributed by atoms with Gasteiger partial charge in [0.2, 0.25) is 5.91 Å². The Morgan fingerprint density at radius 1 is 1.14 bits per heavy atom. The van der Waals surface area contributed by atoms with Crippen molar-refractivity contribution in [2.24, 2.45) is 5.92 Å². The average molecular weight is 505 g/mol. The van der Waals surface area contributed by atoms with Crippen molar-refractivity contribution < 1.29 is 32.7 Å². The van der Waals surface area contributed by atoms with Crippen LogP contribution in [0.2, 0.25) is 0 Å². The number of aromatic nitrogens is 1. The average Bonchev–Trinajstić information content (AvgIpc) is 3.61. The molecule has 1 aliphatic carbocycles. The van der Waals surface area contributed by atoms with Gasteiger partial charge in [0, 0.05) is 24.6 Å². The molecule has 3 heterocycles. The quantitative estimate of drug-likeness (QED) is 0.579. The number of alkyl halides is 3. The Morgan fingerprint density at radius 2 is 1.81 bits per heavy atom. The van der Waals surface area contributed by atoms with E-state index in [1.807, 2.05) is 0 Å². The van der Waals surface area contributed by atoms with Crippen LogP contribution in [0.5, 0.6) is 0 Å². The van der Waals surface area contributed by atoms with E-state index in [-0.39, 0.29) is 42.2 Å². The Bertz CT molecular complexity index is 1180. The van der Waals surface area contributed by atoms with Gasteiger partial charge in [0.05, 0.1) is 29.6 Å². The number of benzene rings is 1. The Morgan fingerprint density at radius 3 is 2.42 bits per heavy atom. The van der Waals surface area contributed by atoms with Gasteiger partial charge in [-0.3, -0.25) is 19.1 Å². The van der Waals surface area contributed by atoms with Gasteiger partial charge in [0.15, 0.2) is 0 Å². The Labute approximate surface area is 204 Å². The highest BCUT2D eigenvalue weighted by Crippen LogP contribution is 2.34. The van der Waals surface area contributed by atoms with E-state index in [0.29, 0.717) is 31.6 Å². The molecule has 0 radical (unpaired) electrons. The fourth-order valence-corrected chi connectivity index (χ4v) is 4.61. The molecule has 1 aromatic heterocycles. The van der Waals surface area contributed by atoms with Crippen LogP contribution in [-0.4, -0.2) is 69.2 Å². The molecular weight excluding hydrogens is 479 g/mol. The Hall–Kier alpha value is -3.54. The largest absolute Gasteiger partial charge is 0.416 e. The maximum atomic E-state index is 13.1. The van der Waals surface area contributed by atoms with Gasteiger partial charge >= 0.3 is 6.18 Å². The molecule has 0 unspecified atom stereocenters. The molecule has 1 aromatic carbocycles. The highest BCUT2D eigenvalue weighted by Gasteiger charge is 2.41. The van der Waals surface area contributed by atoms with Crippen LogP contribution >= 0.6 is 0 Å². The summed E-state index contributed by atoms with van der Waals surface area (Å²) in [7, 11) is 0. The molecule has 0 atom stereocenters. The lowest BCUT2D eigenvalue weighted by atomic mass is 9.90. The van der Waals surface area contributed by atoms with Crippen molar-refractivity contribution >= 4 is 23.4 Å². The topological polar surface area (TPSA) is 107 Å². The third kappa shape index (κ3) is 4.90. The first-order chi connectivity index (χ1) is 17.0. The third-order valence-corrected chi connectivity index (χ3v) is 6.91. The smallest absolute Gasteiger partial charge is 0.388 e. The van der Waals surface area contributed by atoms with Crippen molar-refractivity contribution in [3.8, 4) is 0 Å². The van der Waals surface area contributed by atoms with Crippen LogP contribution in [0.1, 0.15) is 52.1 Å². The van der Waals surface area contributed by atoms with Gasteiger partial charge in [0.25, 0.3) is 11.8 Å². The molecule has 1 saturated carbocycles. The van der Waals surface area contributed by atoms with Crippen LogP contribution < -0.4 is 10.7 Å². The highest BCUT2D eigenvalue weighted by atomic mass is 19.4. The monoisotopic (exact) mass is 505 g/mol. The second-order valence-corrected chi connectivity index (χ2v) is 9.66. The molecule has 2 fully saturated rings. The molecule has 3 aliphatic rings. The molecule has 0 bridgehead atoms. The maximum Gasteiger partial charge on any atom is 0.416 e. The predicted octanol–water partition coefficient (Wildman–Crippen LogP) is 2.48. The van der Waals surface area contributed by atoms with Gasteiger partial charge in [0.1, 0.15) is 12.4 Å². The van der Waals surface area contributed by atoms with Gasteiger partial charge in [-0.05, 0) is 56.0 Å². The SMILES string of the molecule is O=C(Nc1cc2n(c1)NCN(CC1(O)CCN(C(=O)C3CC3)CC1)C2=O)c1ccc(C(F)(F)F)cc1. The first kappa shape index (κ1) is 24.2. The summed E-state index contributed by atoms with van der Waals surface area (Å²) in [6, 6.07) is 5.30. The van der Waals surface area contributed by atoms with Crippen molar-refractivity contribution in [2.75, 3.05) is 37.0 Å². The normalized spacial score (nSPS) is 19.5. The number of likely N-dealkylation sites (tertiary alicyclic amines) is 1. The summed E-state index contributed by atoms with van der Waals surface area (Å²) in [6.07, 6.45) is -0.370. The van der Waals surface area contributed by atoms with Crippen molar-refractivity contribution in [1.82, 2.24) is 14.5 Å². The predicted molar refractivity (Wildman–Crippen MR) is 123 cm³/mol. The number of halogens is 3. The van der Waals surface area contributed by atoms with Gasteiger partial charge in [-0.1, -0.05) is 0 Å². The van der Waals surface area contributed by atoms with Crippen LogP contribution in [-0.2, 0) is 11.0 Å². The zero-order valence-corrected chi connectivity index (χ0v) is 19.3. The number of piperidine rings is 1. The van der Waals surface area contributed by atoms with E-state index in [1.54, 1.807) is 4.90 Å². The molecule has 12 heteroatoms. The summed E-state index contributed by atoms with van der Waals surface area (Å²) in [4.78, 5) is 41.1. The summed E-state index contributed by atoms with van der Waals surface area (Å²) in [5, 5.41) is 13.7. The fourth-order valence-electron chi connectivity index (χ4n) is 4.61. The molecule has 192 valence electrons. The first-order valence-electron chi connectivity index (χ1n) is 11.8. The van der Waals surface area contributed by atoms with Crippen LogP contribution in [0.3, 0.4) is 0 Å². The number of fused-ring (bicyclic) bond motifs is 1. The summed E-state index contributed by atoms with van der Waals surface area (Å²) in [5.41, 5.74) is 1.65. The summed E-state index contributed by atoms with van der Waals surface area (Å²) < 4.78 is 39.7. The molecule has 1 saturated heterocycles. The van der Waals surface area contributed by atoms with E-state index in [4.69, 9.17) is 0 Å². The van der Waals surface area contributed by atoms with Crippen LogP contribution in [0.25, 0.3) is 0 Å². The lowest BCUT2D eigenvalue weighted by Crippen LogP contribution is -2.56. The molecule has 0 spiro atoms. The van der Waals surface area contributed by atoms with E-state index >= 15 is 0 Å². The fraction of sp³-hybridized carbons (Fsp3) is 0.458. The number of carbonyl (C=O) groups excluding carboxylic acids is 3. The summed E-state index contributed by atoms with van der Waals surface area (Å²) >= 11 is 0. The number of carbonyl (C=O) groups is 3. The number of hydrogen-bond donors (Lipinski definition) is 3. The van der Waals surface area contributed by atoms with Gasteiger partial charge in [-0.2, -0.15) is 13.2 Å². The third-order valence-electron chi connectivity index (χ3n) is 6.91. The number of hydrogen-bond acceptors (Lipinski definition) is 5. The van der Waals surface area contributed by atoms with Gasteiger partial charge in [-0.25, -0.2) is 0 Å². The molecule has 2 aliphatic heterocycles. The number of rotatable bonds is 5. The number of nitrogens with zero attached hydrogens (tertiary/aromatic N) is 3. The summed E-state index contributed by atoms with van der Waals surface area (Å²) in [6.45, 7) is 1.15. The standard InChI is InChI=1S/C24H26F3N5O4/c25-24(26,27)17-5-3-15(4-6-17)20(33)29-18-11-19-22(35)31(14-28-32(19)12-18)13-23(36)7-9-30(10-8-23)21(34)16-1-2-16/h3-6,11-12,16,28,36H,1-2,7-10,13-14H2,(H,29,33). The minimum atomic E-state index is -4.49. The van der Waals surface area contributed by atoms with Crippen molar-refractivity contribution in [3.63, 3.8) is 0 Å². The zero-order valence-electron chi connectivity index (χ0n) is 19.3. The van der Waals surface area contributed by atoms with Crippen LogP contribution in [0.4, 0.5) is 18.9 Å². The molecular formula is C24H26F3N5O4. The van der Waals surface area contributed by atoms with E-state index < -0.39 is 23.2 Å². The lowest BCUT2D eigenvalue weighted by molar-refractivity contribution is -0.138. The minimum Gasteiger partial charge on any atom is -0.388 e. The van der Waals surface area contributed by atoms with Crippen LogP contribution in [0, 0.1) is 5.92 Å². The number of nitrogens with one attached hydrogen (secondary N) is 2. The highest BCUT2D eigenvalue weighted by molar-refractivity contribution is 6.05. The minimum absolute atomic E-state index is 0.0433. The number of aliphatic hydroxyl groups is 1. The molecule has 5 rings (SSSR count). The second-order valence-electron chi connectivity index (χ2n) is 9.66.